The van der Waals surface area contributed by atoms with E-state index in [2.05, 4.69) is 20.6 Å². The molecular weight excluding hydrogens is 373 g/mol. The van der Waals surface area contributed by atoms with E-state index in [9.17, 15) is 5.11 Å². The van der Waals surface area contributed by atoms with E-state index in [-0.39, 0.29) is 0 Å². The zero-order valence-corrected chi connectivity index (χ0v) is 16.9. The number of benzene rings is 1. The van der Waals surface area contributed by atoms with E-state index in [4.69, 9.17) is 4.74 Å². The third-order valence-electron chi connectivity index (χ3n) is 5.22. The van der Waals surface area contributed by atoms with Gasteiger partial charge >= 0.3 is 0 Å². The van der Waals surface area contributed by atoms with Crippen LogP contribution in [0.1, 0.15) is 23.2 Å². The molecule has 0 amide bonds. The number of hydrogen-bond acceptors (Lipinski definition) is 7. The fourth-order valence-corrected chi connectivity index (χ4v) is 3.87. The number of β-amino-alcohol motifs (C(OH)–C–C–N with tert-alkyl or cyclic N) is 1. The van der Waals surface area contributed by atoms with Gasteiger partial charge in [0.05, 0.1) is 24.0 Å². The van der Waals surface area contributed by atoms with Crippen molar-refractivity contribution in [2.45, 2.75) is 25.9 Å². The number of hydrogen-bond donors (Lipinski definition) is 3. The Labute approximate surface area is 169 Å². The Morgan fingerprint density at radius 1 is 1.31 bits per heavy atom. The predicted molar refractivity (Wildman–Crippen MR) is 111 cm³/mol. The van der Waals surface area contributed by atoms with Crippen molar-refractivity contribution in [3.63, 3.8) is 0 Å². The molecule has 7 nitrogen and oxygen atoms in total. The topological polar surface area (TPSA) is 82.5 Å². The van der Waals surface area contributed by atoms with Crippen molar-refractivity contribution in [3.05, 3.63) is 40.8 Å². The Hall–Kier alpha value is -2.71. The number of halogens is 1. The molecule has 3 heterocycles. The lowest BCUT2D eigenvalue weighted by Gasteiger charge is -2.18. The largest absolute Gasteiger partial charge is 0.492 e. The number of rotatable bonds is 4. The summed E-state index contributed by atoms with van der Waals surface area (Å²) in [4.78, 5) is 10.8. The van der Waals surface area contributed by atoms with E-state index in [1.54, 1.807) is 13.1 Å². The highest BCUT2D eigenvalue weighted by molar-refractivity contribution is 5.78. The van der Waals surface area contributed by atoms with Crippen molar-refractivity contribution in [3.8, 4) is 5.75 Å². The number of ether oxygens (including phenoxy) is 1. The molecule has 29 heavy (non-hydrogen) atoms. The van der Waals surface area contributed by atoms with Crippen LogP contribution in [0.5, 0.6) is 5.75 Å². The molecule has 0 unspecified atom stereocenters. The van der Waals surface area contributed by atoms with Gasteiger partial charge in [0, 0.05) is 50.3 Å². The summed E-state index contributed by atoms with van der Waals surface area (Å²) in [6.45, 7) is 3.57. The molecule has 3 N–H and O–H groups in total. The number of nitrogens with one attached hydrogen (secondary N) is 2. The number of anilines is 3. The van der Waals surface area contributed by atoms with Crippen molar-refractivity contribution < 1.29 is 14.2 Å². The highest BCUT2D eigenvalue weighted by Crippen LogP contribution is 2.42. The monoisotopic (exact) mass is 399 g/mol. The summed E-state index contributed by atoms with van der Waals surface area (Å²) in [5.74, 6) is 1.15. The second-order valence-corrected chi connectivity index (χ2v) is 7.60. The molecule has 4 rings (SSSR count). The average Bonchev–Trinajstić information content (AvgIpc) is 3.06. The molecule has 8 heteroatoms. The van der Waals surface area contributed by atoms with Crippen molar-refractivity contribution in [2.75, 3.05) is 44.4 Å². The van der Waals surface area contributed by atoms with Crippen LogP contribution >= 0.6 is 0 Å². The molecule has 0 bridgehead atoms. The lowest BCUT2D eigenvalue weighted by Crippen LogP contribution is -2.27. The SMILES string of the molecule is CNc1cc(C)nc(Nc2cc3c(c(C4=CCN(C)C[C@H](O)C4)c2F)OCC3)n1. The fraction of sp³-hybridized carbons (Fsp3) is 0.429. The van der Waals surface area contributed by atoms with Crippen molar-refractivity contribution in [1.29, 1.82) is 0 Å². The number of aryl methyl sites for hydroxylation is 1. The minimum absolute atomic E-state index is 0.310. The maximum atomic E-state index is 15.7. The molecule has 154 valence electrons. The summed E-state index contributed by atoms with van der Waals surface area (Å²) in [6, 6.07) is 3.59. The van der Waals surface area contributed by atoms with Crippen LogP contribution in [0.3, 0.4) is 0 Å². The van der Waals surface area contributed by atoms with E-state index in [1.165, 1.54) is 0 Å². The summed E-state index contributed by atoms with van der Waals surface area (Å²) in [6.07, 6.45) is 2.51. The summed E-state index contributed by atoms with van der Waals surface area (Å²) in [7, 11) is 3.71. The molecule has 1 aromatic heterocycles. The normalized spacial score (nSPS) is 19.2. The second kappa shape index (κ2) is 7.96. The van der Waals surface area contributed by atoms with Gasteiger partial charge in [0.15, 0.2) is 5.82 Å². The van der Waals surface area contributed by atoms with Crippen LogP contribution in [0, 0.1) is 12.7 Å². The van der Waals surface area contributed by atoms with Crippen LogP contribution < -0.4 is 15.4 Å². The van der Waals surface area contributed by atoms with Gasteiger partial charge in [0.1, 0.15) is 11.6 Å². The number of aromatic nitrogens is 2. The van der Waals surface area contributed by atoms with Gasteiger partial charge in [-0.3, -0.25) is 0 Å². The van der Waals surface area contributed by atoms with Crippen molar-refractivity contribution in [1.82, 2.24) is 14.9 Å². The molecule has 0 aliphatic carbocycles. The first-order chi connectivity index (χ1) is 13.9. The number of likely N-dealkylation sites (N-methyl/N-ethyl adjacent to an activating group) is 1. The molecule has 1 atom stereocenters. The molecule has 2 aliphatic rings. The van der Waals surface area contributed by atoms with Gasteiger partial charge in [-0.15, -0.1) is 0 Å². The van der Waals surface area contributed by atoms with Gasteiger partial charge in [-0.2, -0.15) is 4.98 Å². The molecule has 0 saturated heterocycles. The average molecular weight is 399 g/mol. The molecule has 2 aromatic rings. The van der Waals surface area contributed by atoms with Gasteiger partial charge in [-0.05, 0) is 25.6 Å². The zero-order chi connectivity index (χ0) is 20.5. The first-order valence-electron chi connectivity index (χ1n) is 9.79. The van der Waals surface area contributed by atoms with Crippen LogP contribution in [0.2, 0.25) is 0 Å². The maximum Gasteiger partial charge on any atom is 0.229 e. The van der Waals surface area contributed by atoms with E-state index in [0.29, 0.717) is 61.3 Å². The van der Waals surface area contributed by atoms with Gasteiger partial charge in [0.2, 0.25) is 5.95 Å². The molecule has 2 aliphatic heterocycles. The lowest BCUT2D eigenvalue weighted by atomic mass is 9.95. The van der Waals surface area contributed by atoms with Crippen LogP contribution in [-0.2, 0) is 6.42 Å². The van der Waals surface area contributed by atoms with Crippen LogP contribution in [-0.4, -0.2) is 59.9 Å². The summed E-state index contributed by atoms with van der Waals surface area (Å²) < 4.78 is 21.5. The first-order valence-corrected chi connectivity index (χ1v) is 9.79. The highest BCUT2D eigenvalue weighted by Gasteiger charge is 2.28. The molecule has 0 saturated carbocycles. The maximum absolute atomic E-state index is 15.7. The number of aliphatic hydroxyl groups is 1. The summed E-state index contributed by atoms with van der Waals surface area (Å²) in [5.41, 5.74) is 3.22. The molecule has 0 fully saturated rings. The Balaban J connectivity index is 1.77. The third kappa shape index (κ3) is 4.04. The van der Waals surface area contributed by atoms with Crippen molar-refractivity contribution >= 4 is 23.0 Å². The molecular formula is C21H26FN5O2. The quantitative estimate of drug-likeness (QED) is 0.729. The number of nitrogens with zero attached hydrogens (tertiary/aromatic N) is 3. The van der Waals surface area contributed by atoms with E-state index < -0.39 is 11.9 Å². The molecule has 0 radical (unpaired) electrons. The van der Waals surface area contributed by atoms with Gasteiger partial charge in [0.25, 0.3) is 0 Å². The van der Waals surface area contributed by atoms with Crippen LogP contribution in [0.15, 0.2) is 18.2 Å². The summed E-state index contributed by atoms with van der Waals surface area (Å²) >= 11 is 0. The smallest absolute Gasteiger partial charge is 0.229 e. The van der Waals surface area contributed by atoms with Crippen LogP contribution in [0.25, 0.3) is 5.57 Å². The molecule has 0 spiro atoms. The van der Waals surface area contributed by atoms with E-state index in [1.807, 2.05) is 31.0 Å². The summed E-state index contributed by atoms with van der Waals surface area (Å²) in [5, 5.41) is 16.4. The van der Waals surface area contributed by atoms with Gasteiger partial charge in [-0.25, -0.2) is 9.37 Å². The Bertz CT molecular complexity index is 963. The highest BCUT2D eigenvalue weighted by atomic mass is 19.1. The third-order valence-corrected chi connectivity index (χ3v) is 5.22. The molecule has 1 aromatic carbocycles. The number of aliphatic hydroxyl groups excluding tert-OH is 1. The van der Waals surface area contributed by atoms with Gasteiger partial charge < -0.3 is 25.4 Å². The minimum atomic E-state index is -0.555. The minimum Gasteiger partial charge on any atom is -0.492 e. The van der Waals surface area contributed by atoms with Crippen LogP contribution in [0.4, 0.5) is 21.8 Å². The second-order valence-electron chi connectivity index (χ2n) is 7.60. The standard InChI is InChI=1S/C21H26FN5O2/c1-12-8-17(23-2)26-21(24-12)25-16-10-14-5-7-29-20(14)18(19(16)22)13-4-6-27(3)11-15(28)9-13/h4,8,10,15,28H,5-7,9,11H2,1-3H3,(H2,23,24,25,26)/t15-/m1/s1. The first kappa shape index (κ1) is 19.6. The fourth-order valence-electron chi connectivity index (χ4n) is 3.87. The Morgan fingerprint density at radius 2 is 2.14 bits per heavy atom. The zero-order valence-electron chi connectivity index (χ0n) is 16.9. The predicted octanol–water partition coefficient (Wildman–Crippen LogP) is 2.72. The Morgan fingerprint density at radius 3 is 2.93 bits per heavy atom. The van der Waals surface area contributed by atoms with E-state index in [0.717, 1.165) is 16.8 Å². The van der Waals surface area contributed by atoms with Crippen molar-refractivity contribution in [2.24, 2.45) is 0 Å². The number of fused-ring (bicyclic) bond motifs is 1. The lowest BCUT2D eigenvalue weighted by molar-refractivity contribution is 0.139. The van der Waals surface area contributed by atoms with E-state index >= 15 is 4.39 Å². The Kier molecular flexibility index (Phi) is 5.38. The van der Waals surface area contributed by atoms with Gasteiger partial charge in [-0.1, -0.05) is 6.08 Å².